The number of hydrogen-bond acceptors (Lipinski definition) is 4. The van der Waals surface area contributed by atoms with Gasteiger partial charge in [-0.25, -0.2) is 4.79 Å². The molecule has 0 aliphatic carbocycles. The Hall–Kier alpha value is -2.93. The Balaban J connectivity index is 1.56. The Morgan fingerprint density at radius 3 is 1.94 bits per heavy atom. The molecule has 9 heteroatoms. The first kappa shape index (κ1) is 23.2. The van der Waals surface area contributed by atoms with Gasteiger partial charge in [0.25, 0.3) is 5.91 Å². The number of carboxylic acids is 1. The van der Waals surface area contributed by atoms with Crippen LogP contribution in [0.2, 0.25) is 15.1 Å². The van der Waals surface area contributed by atoms with Gasteiger partial charge >= 0.3 is 5.97 Å². The molecule has 1 aliphatic rings. The molecule has 0 radical (unpaired) electrons. The van der Waals surface area contributed by atoms with E-state index in [1.165, 1.54) is 12.1 Å². The summed E-state index contributed by atoms with van der Waals surface area (Å²) in [5.41, 5.74) is 2.57. The number of hydrogen-bond donors (Lipinski definition) is 2. The molecular weight excluding hydrogens is 485 g/mol. The number of rotatable bonds is 5. The number of halogens is 3. The fraction of sp³-hybridized carbons (Fsp3) is 0.167. The molecule has 1 heterocycles. The standard InChI is InChI=1S/C24H20Cl3N3O3/c25-17-4-1-15(2-5-17)23(31)28-20-13-16(24(32)33)3-8-21(20)29-9-11-30(12-10-29)22-14-18(26)6-7-19(22)27/h1-8,13-14H,9-12H2,(H,28,31)(H,32,33). The second-order valence-corrected chi connectivity index (χ2v) is 8.85. The van der Waals surface area contributed by atoms with Crippen molar-refractivity contribution in [2.45, 2.75) is 0 Å². The molecule has 1 fully saturated rings. The van der Waals surface area contributed by atoms with E-state index in [-0.39, 0.29) is 11.5 Å². The number of aromatic carboxylic acids is 1. The summed E-state index contributed by atoms with van der Waals surface area (Å²) in [6, 6.07) is 16.6. The van der Waals surface area contributed by atoms with Crippen LogP contribution in [-0.4, -0.2) is 43.2 Å². The molecule has 3 aromatic rings. The number of piperazine rings is 1. The molecule has 0 unspecified atom stereocenters. The molecule has 0 atom stereocenters. The van der Waals surface area contributed by atoms with Crippen LogP contribution in [0.15, 0.2) is 60.7 Å². The van der Waals surface area contributed by atoms with Crippen LogP contribution in [0.3, 0.4) is 0 Å². The summed E-state index contributed by atoms with van der Waals surface area (Å²) < 4.78 is 0. The summed E-state index contributed by atoms with van der Waals surface area (Å²) >= 11 is 18.4. The minimum atomic E-state index is -1.07. The lowest BCUT2D eigenvalue weighted by Gasteiger charge is -2.38. The van der Waals surface area contributed by atoms with Crippen LogP contribution in [-0.2, 0) is 0 Å². The van der Waals surface area contributed by atoms with E-state index in [0.29, 0.717) is 52.5 Å². The molecule has 0 saturated carbocycles. The second-order valence-electron chi connectivity index (χ2n) is 7.57. The number of carbonyl (C=O) groups is 2. The summed E-state index contributed by atoms with van der Waals surface area (Å²) in [6.45, 7) is 2.68. The number of nitrogens with one attached hydrogen (secondary N) is 1. The van der Waals surface area contributed by atoms with E-state index in [4.69, 9.17) is 34.8 Å². The average Bonchev–Trinajstić information content (AvgIpc) is 2.81. The molecule has 0 aromatic heterocycles. The van der Waals surface area contributed by atoms with Crippen molar-refractivity contribution in [3.05, 3.63) is 86.9 Å². The zero-order valence-electron chi connectivity index (χ0n) is 17.4. The molecule has 1 amide bonds. The first-order valence-corrected chi connectivity index (χ1v) is 11.3. The van der Waals surface area contributed by atoms with Crippen molar-refractivity contribution >= 4 is 63.7 Å². The van der Waals surface area contributed by atoms with E-state index in [2.05, 4.69) is 15.1 Å². The Morgan fingerprint density at radius 1 is 0.727 bits per heavy atom. The summed E-state index contributed by atoms with van der Waals surface area (Å²) in [7, 11) is 0. The average molecular weight is 505 g/mol. The second kappa shape index (κ2) is 9.91. The topological polar surface area (TPSA) is 72.9 Å². The maximum Gasteiger partial charge on any atom is 0.335 e. The third-order valence-corrected chi connectivity index (χ3v) is 6.27. The maximum atomic E-state index is 12.8. The Bertz CT molecular complexity index is 1190. The van der Waals surface area contributed by atoms with Crippen LogP contribution < -0.4 is 15.1 Å². The van der Waals surface area contributed by atoms with Gasteiger partial charge in [0.05, 0.1) is 27.6 Å². The zero-order chi connectivity index (χ0) is 23.5. The van der Waals surface area contributed by atoms with Gasteiger partial charge < -0.3 is 20.2 Å². The summed E-state index contributed by atoms with van der Waals surface area (Å²) in [5, 5.41) is 14.1. The highest BCUT2D eigenvalue weighted by Gasteiger charge is 2.23. The van der Waals surface area contributed by atoms with Gasteiger partial charge in [-0.3, -0.25) is 4.79 Å². The fourth-order valence-electron chi connectivity index (χ4n) is 3.76. The molecule has 0 bridgehead atoms. The summed E-state index contributed by atoms with van der Waals surface area (Å²) in [4.78, 5) is 28.6. The van der Waals surface area contributed by atoms with Gasteiger partial charge in [0, 0.05) is 41.8 Å². The van der Waals surface area contributed by atoms with Gasteiger partial charge in [-0.1, -0.05) is 34.8 Å². The molecule has 0 spiro atoms. The number of carbonyl (C=O) groups excluding carboxylic acids is 1. The van der Waals surface area contributed by atoms with E-state index >= 15 is 0 Å². The zero-order valence-corrected chi connectivity index (χ0v) is 19.7. The van der Waals surface area contributed by atoms with E-state index in [9.17, 15) is 14.7 Å². The monoisotopic (exact) mass is 503 g/mol. The highest BCUT2D eigenvalue weighted by Crippen LogP contribution is 2.33. The van der Waals surface area contributed by atoms with Crippen molar-refractivity contribution in [1.29, 1.82) is 0 Å². The molecule has 33 heavy (non-hydrogen) atoms. The molecule has 4 rings (SSSR count). The molecule has 170 valence electrons. The normalized spacial score (nSPS) is 13.7. The van der Waals surface area contributed by atoms with Crippen molar-refractivity contribution in [3.63, 3.8) is 0 Å². The van der Waals surface area contributed by atoms with Crippen LogP contribution in [0.4, 0.5) is 17.1 Å². The number of nitrogens with zero attached hydrogens (tertiary/aromatic N) is 2. The van der Waals surface area contributed by atoms with Crippen molar-refractivity contribution in [3.8, 4) is 0 Å². The summed E-state index contributed by atoms with van der Waals surface area (Å²) in [5.74, 6) is -1.41. The lowest BCUT2D eigenvalue weighted by Crippen LogP contribution is -2.47. The van der Waals surface area contributed by atoms with E-state index in [0.717, 1.165) is 11.4 Å². The molecule has 6 nitrogen and oxygen atoms in total. The third-order valence-electron chi connectivity index (χ3n) is 5.47. The molecular formula is C24H20Cl3N3O3. The lowest BCUT2D eigenvalue weighted by molar-refractivity contribution is 0.0696. The minimum Gasteiger partial charge on any atom is -0.478 e. The number of amides is 1. The number of carboxylic acid groups (broad SMARTS) is 1. The van der Waals surface area contributed by atoms with Crippen molar-refractivity contribution < 1.29 is 14.7 Å². The molecule has 2 N–H and O–H groups in total. The van der Waals surface area contributed by atoms with Crippen LogP contribution in [0.5, 0.6) is 0 Å². The predicted molar refractivity (Wildman–Crippen MR) is 134 cm³/mol. The Labute approximate surface area is 206 Å². The quantitative estimate of drug-likeness (QED) is 0.451. The minimum absolute atomic E-state index is 0.0921. The first-order chi connectivity index (χ1) is 15.8. The predicted octanol–water partition coefficient (Wildman–Crippen LogP) is 5.92. The van der Waals surface area contributed by atoms with Gasteiger partial charge in [-0.2, -0.15) is 0 Å². The Kier molecular flexibility index (Phi) is 6.98. The highest BCUT2D eigenvalue weighted by molar-refractivity contribution is 6.35. The van der Waals surface area contributed by atoms with Crippen molar-refractivity contribution in [2.75, 3.05) is 41.3 Å². The third kappa shape index (κ3) is 5.36. The van der Waals surface area contributed by atoms with E-state index in [1.807, 2.05) is 6.07 Å². The molecule has 1 aliphatic heterocycles. The SMILES string of the molecule is O=C(O)c1ccc(N2CCN(c3cc(Cl)ccc3Cl)CC2)c(NC(=O)c2ccc(Cl)cc2)c1. The van der Waals surface area contributed by atoms with Gasteiger partial charge in [-0.15, -0.1) is 0 Å². The van der Waals surface area contributed by atoms with Crippen LogP contribution in [0.25, 0.3) is 0 Å². The lowest BCUT2D eigenvalue weighted by atomic mass is 10.1. The van der Waals surface area contributed by atoms with Crippen LogP contribution in [0, 0.1) is 0 Å². The smallest absolute Gasteiger partial charge is 0.335 e. The van der Waals surface area contributed by atoms with Gasteiger partial charge in [-0.05, 0) is 60.7 Å². The highest BCUT2D eigenvalue weighted by atomic mass is 35.5. The number of anilines is 3. The van der Waals surface area contributed by atoms with Gasteiger partial charge in [0.2, 0.25) is 0 Å². The van der Waals surface area contributed by atoms with Crippen LogP contribution in [0.1, 0.15) is 20.7 Å². The van der Waals surface area contributed by atoms with Crippen LogP contribution >= 0.6 is 34.8 Å². The van der Waals surface area contributed by atoms with Crippen molar-refractivity contribution in [2.24, 2.45) is 0 Å². The largest absolute Gasteiger partial charge is 0.478 e. The number of benzene rings is 3. The maximum absolute atomic E-state index is 12.8. The first-order valence-electron chi connectivity index (χ1n) is 10.2. The van der Waals surface area contributed by atoms with E-state index < -0.39 is 5.97 Å². The van der Waals surface area contributed by atoms with E-state index in [1.54, 1.807) is 42.5 Å². The fourth-order valence-corrected chi connectivity index (χ4v) is 4.29. The van der Waals surface area contributed by atoms with Crippen molar-refractivity contribution in [1.82, 2.24) is 0 Å². The molecule has 1 saturated heterocycles. The summed E-state index contributed by atoms with van der Waals surface area (Å²) in [6.07, 6.45) is 0. The van der Waals surface area contributed by atoms with Gasteiger partial charge in [0.15, 0.2) is 0 Å². The Morgan fingerprint density at radius 2 is 1.30 bits per heavy atom. The van der Waals surface area contributed by atoms with Gasteiger partial charge in [0.1, 0.15) is 0 Å². The molecule has 3 aromatic carbocycles.